The van der Waals surface area contributed by atoms with Crippen LogP contribution in [0.2, 0.25) is 5.02 Å². The van der Waals surface area contributed by atoms with Crippen LogP contribution in [0.15, 0.2) is 60.7 Å². The standard InChI is InChI=1S/C20H20ClNO2/c21-19-8-4-2-6-16(19)14-24-20-10-9-15-5-1-3-7-17(15)18(20)13-22-11-12-23/h1-10,22-23H,11-14H2/p+1. The molecule has 0 spiro atoms. The van der Waals surface area contributed by atoms with Gasteiger partial charge in [-0.25, -0.2) is 0 Å². The van der Waals surface area contributed by atoms with Crippen LogP contribution in [0.5, 0.6) is 5.75 Å². The minimum absolute atomic E-state index is 0.167. The van der Waals surface area contributed by atoms with Gasteiger partial charge in [0.15, 0.2) is 0 Å². The smallest absolute Gasteiger partial charge is 0.129 e. The van der Waals surface area contributed by atoms with Crippen molar-refractivity contribution in [2.45, 2.75) is 13.2 Å². The number of aliphatic hydroxyl groups is 1. The SMILES string of the molecule is OCC[NH2+]Cc1c(OCc2ccccc2Cl)ccc2ccccc12. The van der Waals surface area contributed by atoms with Gasteiger partial charge in [0.05, 0.1) is 18.7 Å². The molecular weight excluding hydrogens is 322 g/mol. The molecule has 0 aliphatic heterocycles. The van der Waals surface area contributed by atoms with E-state index >= 15 is 0 Å². The van der Waals surface area contributed by atoms with E-state index < -0.39 is 0 Å². The second-order valence-electron chi connectivity index (χ2n) is 5.65. The van der Waals surface area contributed by atoms with Crippen molar-refractivity contribution < 1.29 is 15.2 Å². The van der Waals surface area contributed by atoms with Crippen LogP contribution in [0, 0.1) is 0 Å². The van der Waals surface area contributed by atoms with Crippen molar-refractivity contribution in [1.82, 2.24) is 0 Å². The average Bonchev–Trinajstić information content (AvgIpc) is 2.62. The number of quaternary nitrogens is 1. The molecule has 124 valence electrons. The number of rotatable bonds is 7. The Morgan fingerprint density at radius 2 is 1.75 bits per heavy atom. The summed E-state index contributed by atoms with van der Waals surface area (Å²) in [5, 5.41) is 14.2. The number of aliphatic hydroxyl groups excluding tert-OH is 1. The lowest BCUT2D eigenvalue weighted by Crippen LogP contribution is -2.83. The summed E-state index contributed by atoms with van der Waals surface area (Å²) in [5.41, 5.74) is 2.12. The molecule has 0 atom stereocenters. The molecular formula is C20H21ClNO2+. The molecule has 0 unspecified atom stereocenters. The summed E-state index contributed by atoms with van der Waals surface area (Å²) >= 11 is 6.21. The van der Waals surface area contributed by atoms with Gasteiger partial charge in [-0.15, -0.1) is 0 Å². The highest BCUT2D eigenvalue weighted by Crippen LogP contribution is 2.28. The summed E-state index contributed by atoms with van der Waals surface area (Å²) in [5.74, 6) is 0.864. The van der Waals surface area contributed by atoms with E-state index in [1.54, 1.807) is 0 Å². The Kier molecular flexibility index (Phi) is 5.70. The average molecular weight is 343 g/mol. The highest BCUT2D eigenvalue weighted by atomic mass is 35.5. The van der Waals surface area contributed by atoms with E-state index in [0.29, 0.717) is 18.2 Å². The molecule has 0 saturated heterocycles. The van der Waals surface area contributed by atoms with Gasteiger partial charge in [-0.2, -0.15) is 0 Å². The number of halogens is 1. The minimum Gasteiger partial charge on any atom is -0.488 e. The first-order valence-corrected chi connectivity index (χ1v) is 8.46. The summed E-state index contributed by atoms with van der Waals surface area (Å²) < 4.78 is 6.08. The summed E-state index contributed by atoms with van der Waals surface area (Å²) in [6.45, 7) is 2.04. The first-order chi connectivity index (χ1) is 11.8. The van der Waals surface area contributed by atoms with Gasteiger partial charge in [-0.3, -0.25) is 0 Å². The zero-order valence-corrected chi connectivity index (χ0v) is 14.2. The van der Waals surface area contributed by atoms with Crippen LogP contribution in [-0.4, -0.2) is 18.3 Å². The van der Waals surface area contributed by atoms with E-state index in [9.17, 15) is 0 Å². The normalized spacial score (nSPS) is 10.9. The summed E-state index contributed by atoms with van der Waals surface area (Å²) in [6.07, 6.45) is 0. The highest BCUT2D eigenvalue weighted by molar-refractivity contribution is 6.31. The minimum atomic E-state index is 0.167. The zero-order chi connectivity index (χ0) is 16.8. The monoisotopic (exact) mass is 342 g/mol. The molecule has 0 saturated carbocycles. The van der Waals surface area contributed by atoms with Crippen LogP contribution in [0.25, 0.3) is 10.8 Å². The predicted octanol–water partition coefficient (Wildman–Crippen LogP) is 3.13. The first kappa shape index (κ1) is 16.8. The maximum atomic E-state index is 9.03. The van der Waals surface area contributed by atoms with Gasteiger partial charge in [0.1, 0.15) is 18.9 Å². The molecule has 0 aliphatic rings. The Hall–Kier alpha value is -2.07. The molecule has 3 N–H and O–H groups in total. The molecule has 24 heavy (non-hydrogen) atoms. The van der Waals surface area contributed by atoms with Gasteiger partial charge in [-0.1, -0.05) is 60.1 Å². The fraction of sp³-hybridized carbons (Fsp3) is 0.200. The number of nitrogens with two attached hydrogens (primary N) is 1. The third-order valence-electron chi connectivity index (χ3n) is 4.02. The maximum Gasteiger partial charge on any atom is 0.129 e. The Morgan fingerprint density at radius 1 is 0.958 bits per heavy atom. The second kappa shape index (κ2) is 8.15. The molecule has 3 aromatic carbocycles. The lowest BCUT2D eigenvalue weighted by Gasteiger charge is -2.14. The largest absolute Gasteiger partial charge is 0.488 e. The third kappa shape index (κ3) is 3.88. The van der Waals surface area contributed by atoms with Crippen LogP contribution in [0.4, 0.5) is 0 Å². The summed E-state index contributed by atoms with van der Waals surface area (Å²) in [7, 11) is 0. The van der Waals surface area contributed by atoms with Crippen LogP contribution >= 0.6 is 11.6 Å². The summed E-state index contributed by atoms with van der Waals surface area (Å²) in [4.78, 5) is 0. The van der Waals surface area contributed by atoms with Crippen LogP contribution in [0.3, 0.4) is 0 Å². The van der Waals surface area contributed by atoms with E-state index in [0.717, 1.165) is 23.4 Å². The van der Waals surface area contributed by atoms with Crippen molar-refractivity contribution in [2.24, 2.45) is 0 Å². The Balaban J connectivity index is 1.88. The fourth-order valence-corrected chi connectivity index (χ4v) is 2.96. The number of ether oxygens (including phenoxy) is 1. The molecule has 0 amide bonds. The van der Waals surface area contributed by atoms with Gasteiger partial charge in [0, 0.05) is 10.6 Å². The zero-order valence-electron chi connectivity index (χ0n) is 13.4. The van der Waals surface area contributed by atoms with E-state index in [1.807, 2.05) is 42.5 Å². The number of hydrogen-bond acceptors (Lipinski definition) is 2. The fourth-order valence-electron chi connectivity index (χ4n) is 2.77. The van der Waals surface area contributed by atoms with Gasteiger partial charge in [0.2, 0.25) is 0 Å². The molecule has 0 aromatic heterocycles. The Labute approximate surface area is 146 Å². The van der Waals surface area contributed by atoms with Gasteiger partial charge in [0.25, 0.3) is 0 Å². The van der Waals surface area contributed by atoms with Gasteiger partial charge < -0.3 is 15.2 Å². The van der Waals surface area contributed by atoms with Crippen molar-refractivity contribution in [3.8, 4) is 5.75 Å². The topological polar surface area (TPSA) is 46.1 Å². The molecule has 3 nitrogen and oxygen atoms in total. The van der Waals surface area contributed by atoms with Gasteiger partial charge >= 0.3 is 0 Å². The van der Waals surface area contributed by atoms with Crippen molar-refractivity contribution >= 4 is 22.4 Å². The van der Waals surface area contributed by atoms with E-state index in [2.05, 4.69) is 23.5 Å². The van der Waals surface area contributed by atoms with Crippen molar-refractivity contribution in [3.63, 3.8) is 0 Å². The molecule has 0 bridgehead atoms. The lowest BCUT2D eigenvalue weighted by molar-refractivity contribution is -0.671. The van der Waals surface area contributed by atoms with E-state index in [4.69, 9.17) is 21.4 Å². The number of hydrogen-bond donors (Lipinski definition) is 2. The van der Waals surface area contributed by atoms with Crippen molar-refractivity contribution in [1.29, 1.82) is 0 Å². The number of benzene rings is 3. The quantitative estimate of drug-likeness (QED) is 0.648. The van der Waals surface area contributed by atoms with Gasteiger partial charge in [-0.05, 0) is 22.9 Å². The second-order valence-corrected chi connectivity index (χ2v) is 6.06. The third-order valence-corrected chi connectivity index (χ3v) is 4.39. The molecule has 3 aromatic rings. The molecule has 0 aliphatic carbocycles. The maximum absolute atomic E-state index is 9.03. The molecule has 4 heteroatoms. The predicted molar refractivity (Wildman–Crippen MR) is 97.3 cm³/mol. The molecule has 0 radical (unpaired) electrons. The molecule has 0 fully saturated rings. The highest BCUT2D eigenvalue weighted by Gasteiger charge is 2.11. The Morgan fingerprint density at radius 3 is 2.58 bits per heavy atom. The lowest BCUT2D eigenvalue weighted by atomic mass is 10.0. The van der Waals surface area contributed by atoms with Crippen molar-refractivity contribution in [3.05, 3.63) is 76.8 Å². The van der Waals surface area contributed by atoms with Crippen LogP contribution in [0.1, 0.15) is 11.1 Å². The molecule has 0 heterocycles. The van der Waals surface area contributed by atoms with E-state index in [1.165, 1.54) is 10.8 Å². The van der Waals surface area contributed by atoms with Crippen molar-refractivity contribution in [2.75, 3.05) is 13.2 Å². The van der Waals surface area contributed by atoms with Crippen LogP contribution < -0.4 is 10.1 Å². The molecule has 3 rings (SSSR count). The summed E-state index contributed by atoms with van der Waals surface area (Å²) in [6, 6.07) is 20.1. The number of fused-ring (bicyclic) bond motifs is 1. The first-order valence-electron chi connectivity index (χ1n) is 8.09. The van der Waals surface area contributed by atoms with E-state index in [-0.39, 0.29) is 6.61 Å². The Bertz CT molecular complexity index is 820. The van der Waals surface area contributed by atoms with Crippen LogP contribution in [-0.2, 0) is 13.2 Å².